The molecule has 4 nitrogen and oxygen atoms in total. The molecule has 0 saturated heterocycles. The van der Waals surface area contributed by atoms with Gasteiger partial charge < -0.3 is 9.47 Å². The Hall–Kier alpha value is -2.98. The molecule has 4 heteroatoms. The number of ether oxygens (including phenoxy) is 2. The molecule has 0 bridgehead atoms. The molecule has 0 spiro atoms. The molecule has 2 atom stereocenters. The number of methoxy groups -OCH3 is 1. The first-order valence-electron chi connectivity index (χ1n) is 10.4. The molecule has 2 aliphatic heterocycles. The van der Waals surface area contributed by atoms with E-state index in [0.717, 1.165) is 17.2 Å². The van der Waals surface area contributed by atoms with Crippen LogP contribution < -0.4 is 14.5 Å². The van der Waals surface area contributed by atoms with Gasteiger partial charge in [-0.2, -0.15) is 0 Å². The minimum absolute atomic E-state index is 0.0783. The van der Waals surface area contributed by atoms with E-state index in [2.05, 4.69) is 67.4 Å². The van der Waals surface area contributed by atoms with Gasteiger partial charge in [0.2, 0.25) is 0 Å². The van der Waals surface area contributed by atoms with E-state index in [1.165, 1.54) is 22.3 Å². The number of rotatable bonds is 3. The van der Waals surface area contributed by atoms with Crippen LogP contribution in [0.5, 0.6) is 11.5 Å². The second-order valence-corrected chi connectivity index (χ2v) is 8.59. The van der Waals surface area contributed by atoms with Gasteiger partial charge in [-0.15, -0.1) is 0 Å². The average Bonchev–Trinajstić information content (AvgIpc) is 2.79. The molecule has 0 N–H and O–H groups in total. The number of hydroxylamine groups is 1. The SMILES string of the molecule is COc1ccc(-c2ccc3c(c2)C(C)(C)[C@H]2COc4ccccc4[C@H]2N3OC)cc1. The lowest BCUT2D eigenvalue weighted by molar-refractivity contribution is 0.0442. The monoisotopic (exact) mass is 401 g/mol. The van der Waals surface area contributed by atoms with Crippen molar-refractivity contribution in [3.05, 3.63) is 77.9 Å². The van der Waals surface area contributed by atoms with E-state index >= 15 is 0 Å². The zero-order valence-electron chi connectivity index (χ0n) is 17.9. The van der Waals surface area contributed by atoms with Crippen LogP contribution in [0.2, 0.25) is 0 Å². The van der Waals surface area contributed by atoms with E-state index < -0.39 is 0 Å². The van der Waals surface area contributed by atoms with Gasteiger partial charge in [0.15, 0.2) is 0 Å². The van der Waals surface area contributed by atoms with Crippen molar-refractivity contribution in [1.29, 1.82) is 0 Å². The van der Waals surface area contributed by atoms with Crippen LogP contribution in [0.4, 0.5) is 5.69 Å². The Morgan fingerprint density at radius 2 is 1.67 bits per heavy atom. The summed E-state index contributed by atoms with van der Waals surface area (Å²) in [5, 5.41) is 2.07. The highest BCUT2D eigenvalue weighted by molar-refractivity contribution is 5.72. The van der Waals surface area contributed by atoms with Gasteiger partial charge in [-0.05, 0) is 47.0 Å². The lowest BCUT2D eigenvalue weighted by Gasteiger charge is -2.52. The minimum Gasteiger partial charge on any atom is -0.497 e. The predicted molar refractivity (Wildman–Crippen MR) is 119 cm³/mol. The molecule has 3 aromatic carbocycles. The van der Waals surface area contributed by atoms with Crippen LogP contribution in [0, 0.1) is 5.92 Å². The molecule has 154 valence electrons. The second kappa shape index (κ2) is 7.06. The first-order valence-corrected chi connectivity index (χ1v) is 10.4. The molecule has 0 unspecified atom stereocenters. The third kappa shape index (κ3) is 2.78. The Labute approximate surface area is 178 Å². The number of nitrogens with zero attached hydrogens (tertiary/aromatic N) is 1. The summed E-state index contributed by atoms with van der Waals surface area (Å²) >= 11 is 0. The van der Waals surface area contributed by atoms with Gasteiger partial charge in [-0.1, -0.05) is 50.2 Å². The van der Waals surface area contributed by atoms with Crippen molar-refractivity contribution in [2.75, 3.05) is 25.9 Å². The van der Waals surface area contributed by atoms with Gasteiger partial charge in [-0.3, -0.25) is 4.84 Å². The fraction of sp³-hybridized carbons (Fsp3) is 0.308. The Morgan fingerprint density at radius 3 is 2.40 bits per heavy atom. The highest BCUT2D eigenvalue weighted by Gasteiger charge is 2.50. The molecular formula is C26H27NO3. The van der Waals surface area contributed by atoms with E-state index in [4.69, 9.17) is 14.3 Å². The van der Waals surface area contributed by atoms with Crippen LogP contribution in [0.25, 0.3) is 11.1 Å². The zero-order chi connectivity index (χ0) is 20.9. The summed E-state index contributed by atoms with van der Waals surface area (Å²) in [6.45, 7) is 5.32. The van der Waals surface area contributed by atoms with Crippen molar-refractivity contribution in [2.45, 2.75) is 25.3 Å². The van der Waals surface area contributed by atoms with Gasteiger partial charge >= 0.3 is 0 Å². The smallest absolute Gasteiger partial charge is 0.124 e. The van der Waals surface area contributed by atoms with Crippen molar-refractivity contribution < 1.29 is 14.3 Å². The van der Waals surface area contributed by atoms with E-state index in [-0.39, 0.29) is 17.4 Å². The summed E-state index contributed by atoms with van der Waals surface area (Å²) in [4.78, 5) is 5.97. The van der Waals surface area contributed by atoms with E-state index in [9.17, 15) is 0 Å². The average molecular weight is 402 g/mol. The Bertz CT molecular complexity index is 1070. The van der Waals surface area contributed by atoms with Crippen LogP contribution >= 0.6 is 0 Å². The number of anilines is 1. The van der Waals surface area contributed by atoms with Crippen LogP contribution in [0.15, 0.2) is 66.7 Å². The van der Waals surface area contributed by atoms with Crippen molar-refractivity contribution >= 4 is 5.69 Å². The van der Waals surface area contributed by atoms with Crippen molar-refractivity contribution in [3.63, 3.8) is 0 Å². The molecule has 2 heterocycles. The maximum atomic E-state index is 6.18. The third-order valence-electron chi connectivity index (χ3n) is 6.77. The van der Waals surface area contributed by atoms with Gasteiger partial charge in [0.25, 0.3) is 0 Å². The maximum Gasteiger partial charge on any atom is 0.124 e. The number of hydrogen-bond donors (Lipinski definition) is 0. The van der Waals surface area contributed by atoms with E-state index in [1.54, 1.807) is 14.2 Å². The third-order valence-corrected chi connectivity index (χ3v) is 6.77. The van der Waals surface area contributed by atoms with E-state index in [0.29, 0.717) is 6.61 Å². The molecule has 0 saturated carbocycles. The van der Waals surface area contributed by atoms with Gasteiger partial charge in [-0.25, -0.2) is 5.06 Å². The van der Waals surface area contributed by atoms with E-state index in [1.807, 2.05) is 18.2 Å². The van der Waals surface area contributed by atoms with Gasteiger partial charge in [0.1, 0.15) is 11.5 Å². The molecule has 30 heavy (non-hydrogen) atoms. The lowest BCUT2D eigenvalue weighted by Crippen LogP contribution is -2.51. The minimum atomic E-state index is -0.0783. The lowest BCUT2D eigenvalue weighted by atomic mass is 9.65. The molecule has 0 radical (unpaired) electrons. The molecular weight excluding hydrogens is 374 g/mol. The summed E-state index contributed by atoms with van der Waals surface area (Å²) < 4.78 is 11.5. The highest BCUT2D eigenvalue weighted by atomic mass is 16.7. The Morgan fingerprint density at radius 1 is 0.933 bits per heavy atom. The molecule has 0 aliphatic carbocycles. The number of hydrogen-bond acceptors (Lipinski definition) is 4. The quantitative estimate of drug-likeness (QED) is 0.557. The molecule has 5 rings (SSSR count). The number of benzene rings is 3. The fourth-order valence-corrected chi connectivity index (χ4v) is 5.01. The molecule has 3 aromatic rings. The zero-order valence-corrected chi connectivity index (χ0v) is 17.9. The van der Waals surface area contributed by atoms with Crippen molar-refractivity contribution in [3.8, 4) is 22.6 Å². The maximum absolute atomic E-state index is 6.18. The first kappa shape index (κ1) is 19.0. The molecule has 0 fully saturated rings. The van der Waals surface area contributed by atoms with Crippen LogP contribution in [-0.2, 0) is 10.3 Å². The normalized spacial score (nSPS) is 21.1. The fourth-order valence-electron chi connectivity index (χ4n) is 5.01. The number of fused-ring (bicyclic) bond motifs is 4. The van der Waals surface area contributed by atoms with Crippen LogP contribution in [0.3, 0.4) is 0 Å². The summed E-state index contributed by atoms with van der Waals surface area (Å²) in [5.74, 6) is 2.09. The largest absolute Gasteiger partial charge is 0.497 e. The topological polar surface area (TPSA) is 30.9 Å². The van der Waals surface area contributed by atoms with Crippen LogP contribution in [0.1, 0.15) is 31.0 Å². The number of para-hydroxylation sites is 1. The molecule has 2 aliphatic rings. The van der Waals surface area contributed by atoms with Crippen molar-refractivity contribution in [1.82, 2.24) is 0 Å². The summed E-state index contributed by atoms with van der Waals surface area (Å²) in [7, 11) is 3.45. The highest BCUT2D eigenvalue weighted by Crippen LogP contribution is 2.55. The first-order chi connectivity index (χ1) is 14.5. The predicted octanol–water partition coefficient (Wildman–Crippen LogP) is 5.77. The van der Waals surface area contributed by atoms with Gasteiger partial charge in [0, 0.05) is 16.9 Å². The van der Waals surface area contributed by atoms with Crippen LogP contribution in [-0.4, -0.2) is 20.8 Å². The van der Waals surface area contributed by atoms with Crippen molar-refractivity contribution in [2.24, 2.45) is 5.92 Å². The Kier molecular flexibility index (Phi) is 4.48. The Balaban J connectivity index is 1.64. The molecule has 0 amide bonds. The summed E-state index contributed by atoms with van der Waals surface area (Å²) in [6.07, 6.45) is 0. The molecule has 0 aromatic heterocycles. The second-order valence-electron chi connectivity index (χ2n) is 8.59. The summed E-state index contributed by atoms with van der Waals surface area (Å²) in [5.41, 5.74) is 5.88. The summed E-state index contributed by atoms with van der Waals surface area (Å²) in [6, 6.07) is 23.3. The standard InChI is InChI=1S/C26H27NO3/c1-26(2)21-15-18(17-9-12-19(28-3)13-10-17)11-14-23(21)27(29-4)25-20-7-5-6-8-24(20)30-16-22(25)26/h5-15,22,25H,16H2,1-4H3/t22-,25+/m0/s1. The van der Waals surface area contributed by atoms with Gasteiger partial charge in [0.05, 0.1) is 32.6 Å².